The molecule has 3 fully saturated rings. The SMILES string of the molecule is C[C@H]1[C@H]([B-](F)(F)F)C[C@@H]2C[C@H]1C2(C)C. The van der Waals surface area contributed by atoms with Crippen LogP contribution in [0, 0.1) is 23.2 Å². The Morgan fingerprint density at radius 2 is 1.71 bits per heavy atom. The molecule has 0 unspecified atom stereocenters. The third-order valence-corrected chi connectivity index (χ3v) is 4.90. The van der Waals surface area contributed by atoms with E-state index in [0.717, 1.165) is 6.42 Å². The van der Waals surface area contributed by atoms with Gasteiger partial charge in [-0.1, -0.05) is 38.9 Å². The van der Waals surface area contributed by atoms with Gasteiger partial charge in [0.2, 0.25) is 0 Å². The molecule has 0 heterocycles. The molecule has 0 spiro atoms. The highest BCUT2D eigenvalue weighted by Crippen LogP contribution is 2.66. The first-order valence-electron chi connectivity index (χ1n) is 5.44. The van der Waals surface area contributed by atoms with Gasteiger partial charge in [-0.05, 0) is 23.7 Å². The number of fused-ring (bicyclic) bond motifs is 2. The number of hydrogen-bond acceptors (Lipinski definition) is 0. The molecule has 0 aromatic rings. The van der Waals surface area contributed by atoms with E-state index in [-0.39, 0.29) is 11.3 Å². The first-order valence-corrected chi connectivity index (χ1v) is 5.44. The lowest BCUT2D eigenvalue weighted by molar-refractivity contribution is -0.104. The summed E-state index contributed by atoms with van der Waals surface area (Å²) in [4.78, 5) is 0. The summed E-state index contributed by atoms with van der Waals surface area (Å²) in [5.41, 5.74) is 0.164. The molecule has 2 bridgehead atoms. The molecule has 14 heavy (non-hydrogen) atoms. The fourth-order valence-corrected chi connectivity index (χ4v) is 3.69. The van der Waals surface area contributed by atoms with E-state index in [1.807, 2.05) is 0 Å². The average Bonchev–Trinajstić information content (AvgIpc) is 2.01. The van der Waals surface area contributed by atoms with Crippen LogP contribution >= 0.6 is 0 Å². The van der Waals surface area contributed by atoms with Crippen molar-refractivity contribution in [2.24, 2.45) is 23.2 Å². The molecule has 0 N–H and O–H groups in total. The fraction of sp³-hybridized carbons (Fsp3) is 1.00. The third kappa shape index (κ3) is 1.22. The minimum Gasteiger partial charge on any atom is -0.449 e. The zero-order valence-electron chi connectivity index (χ0n) is 8.93. The molecule has 3 aliphatic rings. The van der Waals surface area contributed by atoms with E-state index in [2.05, 4.69) is 13.8 Å². The van der Waals surface area contributed by atoms with Gasteiger partial charge in [-0.15, -0.1) is 0 Å². The first kappa shape index (κ1) is 10.4. The zero-order chi connectivity index (χ0) is 10.7. The van der Waals surface area contributed by atoms with Gasteiger partial charge in [0.15, 0.2) is 0 Å². The maximum absolute atomic E-state index is 12.7. The highest BCUT2D eigenvalue weighted by Gasteiger charge is 2.59. The third-order valence-electron chi connectivity index (χ3n) is 4.90. The Bertz CT molecular complexity index is 246. The van der Waals surface area contributed by atoms with Crippen LogP contribution in [-0.4, -0.2) is 6.98 Å². The molecule has 0 aromatic heterocycles. The lowest BCUT2D eigenvalue weighted by Crippen LogP contribution is -2.56. The lowest BCUT2D eigenvalue weighted by Gasteiger charge is -2.64. The van der Waals surface area contributed by atoms with Crippen molar-refractivity contribution >= 4 is 6.98 Å². The summed E-state index contributed by atoms with van der Waals surface area (Å²) in [6, 6.07) is 0. The summed E-state index contributed by atoms with van der Waals surface area (Å²) in [5, 5.41) is 0. The van der Waals surface area contributed by atoms with Gasteiger partial charge in [-0.3, -0.25) is 0 Å². The van der Waals surface area contributed by atoms with Gasteiger partial charge in [0.05, 0.1) is 0 Å². The molecule has 4 atom stereocenters. The zero-order valence-corrected chi connectivity index (χ0v) is 8.93. The monoisotopic (exact) mass is 205 g/mol. The normalized spacial score (nSPS) is 45.9. The van der Waals surface area contributed by atoms with E-state index in [1.54, 1.807) is 6.92 Å². The van der Waals surface area contributed by atoms with E-state index in [1.165, 1.54) is 0 Å². The molecule has 3 rings (SSSR count). The summed E-state index contributed by atoms with van der Waals surface area (Å²) in [5.74, 6) is -0.520. The van der Waals surface area contributed by atoms with E-state index < -0.39 is 12.8 Å². The van der Waals surface area contributed by atoms with E-state index in [4.69, 9.17) is 0 Å². The van der Waals surface area contributed by atoms with Crippen LogP contribution in [0.5, 0.6) is 0 Å². The van der Waals surface area contributed by atoms with Gasteiger partial charge in [-0.25, -0.2) is 0 Å². The molecular formula is C10H17BF3-. The highest BCUT2D eigenvalue weighted by atomic mass is 19.4. The van der Waals surface area contributed by atoms with Crippen LogP contribution in [0.1, 0.15) is 33.6 Å². The summed E-state index contributed by atoms with van der Waals surface area (Å²) in [7, 11) is 0. The Kier molecular flexibility index (Phi) is 2.00. The van der Waals surface area contributed by atoms with E-state index in [9.17, 15) is 12.9 Å². The lowest BCUT2D eigenvalue weighted by atomic mass is 9.39. The van der Waals surface area contributed by atoms with Crippen LogP contribution in [0.25, 0.3) is 0 Å². The number of rotatable bonds is 1. The Morgan fingerprint density at radius 1 is 1.14 bits per heavy atom. The van der Waals surface area contributed by atoms with Crippen molar-refractivity contribution < 1.29 is 12.9 Å². The van der Waals surface area contributed by atoms with Gasteiger partial charge in [0.1, 0.15) is 0 Å². The average molecular weight is 205 g/mol. The van der Waals surface area contributed by atoms with Gasteiger partial charge < -0.3 is 12.9 Å². The Labute approximate surface area is 83.3 Å². The second kappa shape index (κ2) is 2.70. The summed E-state index contributed by atoms with van der Waals surface area (Å²) in [6.45, 7) is 1.43. The van der Waals surface area contributed by atoms with Crippen LogP contribution in [0.4, 0.5) is 12.9 Å². The Hall–Kier alpha value is -0.145. The maximum Gasteiger partial charge on any atom is 0.481 e. The summed E-state index contributed by atoms with van der Waals surface area (Å²) >= 11 is 0. The first-order chi connectivity index (χ1) is 6.24. The predicted octanol–water partition coefficient (Wildman–Crippen LogP) is 3.91. The standard InChI is InChI=1S/C10H17BF3/c1-6-8-4-7(10(8,2)3)5-9(6)11(12,13)14/h6-9H,4-5H2,1-3H3/q-1/t6-,7+,8-,9-/m1/s1. The van der Waals surface area contributed by atoms with Crippen LogP contribution in [0.2, 0.25) is 5.82 Å². The van der Waals surface area contributed by atoms with Crippen LogP contribution in [0.3, 0.4) is 0 Å². The summed E-state index contributed by atoms with van der Waals surface area (Å²) < 4.78 is 38.1. The molecule has 82 valence electrons. The minimum absolute atomic E-state index is 0.157. The second-order valence-electron chi connectivity index (χ2n) is 5.74. The van der Waals surface area contributed by atoms with Crippen molar-refractivity contribution in [3.8, 4) is 0 Å². The van der Waals surface area contributed by atoms with E-state index >= 15 is 0 Å². The second-order valence-corrected chi connectivity index (χ2v) is 5.74. The molecule has 0 aliphatic heterocycles. The van der Waals surface area contributed by atoms with Crippen molar-refractivity contribution in [1.29, 1.82) is 0 Å². The fourth-order valence-electron chi connectivity index (χ4n) is 3.69. The van der Waals surface area contributed by atoms with Gasteiger partial charge in [-0.2, -0.15) is 0 Å². The predicted molar refractivity (Wildman–Crippen MR) is 52.0 cm³/mol. The van der Waals surface area contributed by atoms with Crippen molar-refractivity contribution in [2.75, 3.05) is 0 Å². The van der Waals surface area contributed by atoms with Crippen LogP contribution in [0.15, 0.2) is 0 Å². The molecule has 0 amide bonds. The molecule has 0 nitrogen and oxygen atoms in total. The molecule has 0 aromatic carbocycles. The largest absolute Gasteiger partial charge is 0.481 e. The minimum atomic E-state index is -4.62. The quantitative estimate of drug-likeness (QED) is 0.569. The molecule has 3 saturated carbocycles. The van der Waals surface area contributed by atoms with Crippen molar-refractivity contribution in [2.45, 2.75) is 39.4 Å². The van der Waals surface area contributed by atoms with Crippen molar-refractivity contribution in [3.63, 3.8) is 0 Å². The van der Waals surface area contributed by atoms with Crippen molar-refractivity contribution in [3.05, 3.63) is 0 Å². The maximum atomic E-state index is 12.7. The topological polar surface area (TPSA) is 0 Å². The highest BCUT2D eigenvalue weighted by molar-refractivity contribution is 6.60. The molecule has 0 saturated heterocycles. The van der Waals surface area contributed by atoms with Crippen molar-refractivity contribution in [1.82, 2.24) is 0 Å². The molecule has 3 aliphatic carbocycles. The van der Waals surface area contributed by atoms with Gasteiger partial charge in [0, 0.05) is 0 Å². The Morgan fingerprint density at radius 3 is 2.07 bits per heavy atom. The number of halogens is 3. The van der Waals surface area contributed by atoms with Gasteiger partial charge in [0.25, 0.3) is 0 Å². The smallest absolute Gasteiger partial charge is 0.449 e. The van der Waals surface area contributed by atoms with Crippen LogP contribution in [-0.2, 0) is 0 Å². The summed E-state index contributed by atoms with van der Waals surface area (Å²) in [6.07, 6.45) is 1.41. The number of hydrogen-bond donors (Lipinski definition) is 0. The van der Waals surface area contributed by atoms with Crippen LogP contribution < -0.4 is 0 Å². The van der Waals surface area contributed by atoms with E-state index in [0.29, 0.717) is 18.3 Å². The molecule has 4 heteroatoms. The molecular weight excluding hydrogens is 188 g/mol. The van der Waals surface area contributed by atoms with Gasteiger partial charge >= 0.3 is 6.98 Å². The molecule has 0 radical (unpaired) electrons. The Balaban J connectivity index is 2.16.